The van der Waals surface area contributed by atoms with E-state index in [-0.39, 0.29) is 12.6 Å². The molecule has 0 fully saturated rings. The number of hydrogen-bond donors (Lipinski definition) is 1. The maximum Gasteiger partial charge on any atom is 0.338 e. The van der Waals surface area contributed by atoms with Gasteiger partial charge in [-0.3, -0.25) is 0 Å². The molecule has 0 radical (unpaired) electrons. The van der Waals surface area contributed by atoms with Crippen LogP contribution in [-0.4, -0.2) is 30.6 Å². The first-order valence-corrected chi connectivity index (χ1v) is 9.55. The van der Waals surface area contributed by atoms with Crippen molar-refractivity contribution in [2.45, 2.75) is 19.4 Å². The average Bonchev–Trinajstić information content (AvgIpc) is 2.68. The minimum Gasteiger partial charge on any atom is -0.462 e. The SMILES string of the molecule is CC1=C(C(=O)OCCc2ccccc2)[C@@H](c2ccc(Cl)c(Cl)c2)NC(=O)N1C. The van der Waals surface area contributed by atoms with E-state index in [2.05, 4.69) is 5.32 Å². The monoisotopic (exact) mass is 418 g/mol. The van der Waals surface area contributed by atoms with Crippen LogP contribution in [-0.2, 0) is 16.0 Å². The Morgan fingerprint density at radius 1 is 1.14 bits per heavy atom. The molecule has 1 atom stereocenters. The number of carbonyl (C=O) groups is 2. The molecule has 1 aliphatic rings. The number of esters is 1. The standard InChI is InChI=1S/C21H20Cl2N2O3/c1-13-18(20(26)28-11-10-14-6-4-3-5-7-14)19(24-21(27)25(13)2)15-8-9-16(22)17(23)12-15/h3-9,12,19H,10-11H2,1-2H3,(H,24,27)/t19-/m1/s1. The molecule has 2 amide bonds. The van der Waals surface area contributed by atoms with Gasteiger partial charge in [0.05, 0.1) is 28.3 Å². The highest BCUT2D eigenvalue weighted by Crippen LogP contribution is 2.33. The van der Waals surface area contributed by atoms with Crippen LogP contribution in [0.15, 0.2) is 59.8 Å². The van der Waals surface area contributed by atoms with E-state index in [9.17, 15) is 9.59 Å². The Morgan fingerprint density at radius 3 is 2.54 bits per heavy atom. The van der Waals surface area contributed by atoms with Gasteiger partial charge in [0.2, 0.25) is 0 Å². The lowest BCUT2D eigenvalue weighted by atomic mass is 9.95. The number of urea groups is 1. The molecule has 1 N–H and O–H groups in total. The van der Waals surface area contributed by atoms with Gasteiger partial charge in [-0.1, -0.05) is 59.6 Å². The quantitative estimate of drug-likeness (QED) is 0.712. The van der Waals surface area contributed by atoms with Gasteiger partial charge in [0, 0.05) is 19.2 Å². The normalized spacial score (nSPS) is 16.8. The molecule has 0 aromatic heterocycles. The molecule has 0 saturated carbocycles. The van der Waals surface area contributed by atoms with E-state index in [0.29, 0.717) is 33.3 Å². The van der Waals surface area contributed by atoms with E-state index in [1.54, 1.807) is 32.2 Å². The largest absolute Gasteiger partial charge is 0.462 e. The summed E-state index contributed by atoms with van der Waals surface area (Å²) in [6.07, 6.45) is 0.610. The summed E-state index contributed by atoms with van der Waals surface area (Å²) in [7, 11) is 1.60. The molecule has 0 spiro atoms. The zero-order valence-corrected chi connectivity index (χ0v) is 17.1. The minimum absolute atomic E-state index is 0.241. The van der Waals surface area contributed by atoms with Gasteiger partial charge >= 0.3 is 12.0 Å². The summed E-state index contributed by atoms with van der Waals surface area (Å²) in [5, 5.41) is 3.57. The molecule has 0 unspecified atom stereocenters. The molecule has 0 aliphatic carbocycles. The lowest BCUT2D eigenvalue weighted by molar-refractivity contribution is -0.139. The first kappa shape index (κ1) is 20.2. The number of nitrogens with zero attached hydrogens (tertiary/aromatic N) is 1. The fraction of sp³-hybridized carbons (Fsp3) is 0.238. The van der Waals surface area contributed by atoms with Crippen molar-refractivity contribution in [3.63, 3.8) is 0 Å². The number of nitrogens with one attached hydrogen (secondary N) is 1. The fourth-order valence-electron chi connectivity index (χ4n) is 3.03. The van der Waals surface area contributed by atoms with Gasteiger partial charge in [-0.25, -0.2) is 9.59 Å². The average molecular weight is 419 g/mol. The molecule has 0 bridgehead atoms. The van der Waals surface area contributed by atoms with Gasteiger partial charge in [0.25, 0.3) is 0 Å². The van der Waals surface area contributed by atoms with Crippen molar-refractivity contribution in [2.24, 2.45) is 0 Å². The van der Waals surface area contributed by atoms with E-state index in [4.69, 9.17) is 27.9 Å². The third-order valence-corrected chi connectivity index (χ3v) is 5.46. The van der Waals surface area contributed by atoms with E-state index in [1.807, 2.05) is 30.3 Å². The van der Waals surface area contributed by atoms with Crippen LogP contribution in [0, 0.1) is 0 Å². The summed E-state index contributed by atoms with van der Waals surface area (Å²) in [4.78, 5) is 26.5. The molecule has 2 aromatic carbocycles. The summed E-state index contributed by atoms with van der Waals surface area (Å²) in [6.45, 7) is 1.96. The van der Waals surface area contributed by atoms with Crippen molar-refractivity contribution >= 4 is 35.2 Å². The number of rotatable bonds is 5. The van der Waals surface area contributed by atoms with Crippen LogP contribution in [0.2, 0.25) is 10.0 Å². The Hall–Kier alpha value is -2.50. The third kappa shape index (κ3) is 4.32. The van der Waals surface area contributed by atoms with Crippen LogP contribution in [0.25, 0.3) is 0 Å². The second-order valence-corrected chi connectivity index (χ2v) is 7.30. The number of benzene rings is 2. The Kier molecular flexibility index (Phi) is 6.27. The highest BCUT2D eigenvalue weighted by atomic mass is 35.5. The van der Waals surface area contributed by atoms with E-state index < -0.39 is 12.0 Å². The summed E-state index contributed by atoms with van der Waals surface area (Å²) in [5.74, 6) is -0.476. The van der Waals surface area contributed by atoms with Gasteiger partial charge in [-0.05, 0) is 30.2 Å². The Bertz CT molecular complexity index is 929. The summed E-state index contributed by atoms with van der Waals surface area (Å²) in [5.41, 5.74) is 2.64. The number of amides is 2. The van der Waals surface area contributed by atoms with Crippen molar-refractivity contribution < 1.29 is 14.3 Å². The van der Waals surface area contributed by atoms with E-state index in [0.717, 1.165) is 5.56 Å². The molecular weight excluding hydrogens is 399 g/mol. The molecule has 7 heteroatoms. The molecule has 2 aromatic rings. The van der Waals surface area contributed by atoms with Crippen LogP contribution in [0.1, 0.15) is 24.1 Å². The van der Waals surface area contributed by atoms with Crippen molar-refractivity contribution in [1.29, 1.82) is 0 Å². The summed E-state index contributed by atoms with van der Waals surface area (Å²) in [6, 6.07) is 13.8. The molecule has 1 aliphatic heterocycles. The van der Waals surface area contributed by atoms with Gasteiger partial charge in [0.1, 0.15) is 0 Å². The topological polar surface area (TPSA) is 58.6 Å². The minimum atomic E-state index is -0.664. The fourth-order valence-corrected chi connectivity index (χ4v) is 3.33. The van der Waals surface area contributed by atoms with Crippen molar-refractivity contribution in [2.75, 3.05) is 13.7 Å². The maximum absolute atomic E-state index is 12.9. The number of halogens is 2. The lowest BCUT2D eigenvalue weighted by Gasteiger charge is -2.33. The van der Waals surface area contributed by atoms with Crippen molar-refractivity contribution in [3.05, 3.63) is 81.0 Å². The number of allylic oxidation sites excluding steroid dienone is 1. The second-order valence-electron chi connectivity index (χ2n) is 6.49. The predicted octanol–water partition coefficient (Wildman–Crippen LogP) is 4.75. The molecule has 5 nitrogen and oxygen atoms in total. The van der Waals surface area contributed by atoms with Gasteiger partial charge < -0.3 is 15.0 Å². The van der Waals surface area contributed by atoms with Gasteiger partial charge in [-0.2, -0.15) is 0 Å². The van der Waals surface area contributed by atoms with Crippen LogP contribution in [0.3, 0.4) is 0 Å². The third-order valence-electron chi connectivity index (χ3n) is 4.72. The van der Waals surface area contributed by atoms with Gasteiger partial charge in [0.15, 0.2) is 0 Å². The van der Waals surface area contributed by atoms with Crippen molar-refractivity contribution in [3.8, 4) is 0 Å². The second kappa shape index (κ2) is 8.67. The molecule has 3 rings (SSSR count). The molecule has 1 heterocycles. The highest BCUT2D eigenvalue weighted by molar-refractivity contribution is 6.42. The number of carbonyl (C=O) groups excluding carboxylic acids is 2. The summed E-state index contributed by atoms with van der Waals surface area (Å²) >= 11 is 12.1. The molecular formula is C21H20Cl2N2O3. The van der Waals surface area contributed by atoms with Crippen LogP contribution >= 0.6 is 23.2 Å². The predicted molar refractivity (Wildman–Crippen MR) is 109 cm³/mol. The Balaban J connectivity index is 1.83. The van der Waals surface area contributed by atoms with Crippen LogP contribution in [0.4, 0.5) is 4.79 Å². The Labute approximate surface area is 173 Å². The summed E-state index contributed by atoms with van der Waals surface area (Å²) < 4.78 is 5.51. The first-order valence-electron chi connectivity index (χ1n) is 8.79. The van der Waals surface area contributed by atoms with Gasteiger partial charge in [-0.15, -0.1) is 0 Å². The Morgan fingerprint density at radius 2 is 1.86 bits per heavy atom. The molecule has 0 saturated heterocycles. The van der Waals surface area contributed by atoms with E-state index in [1.165, 1.54) is 4.90 Å². The molecule has 146 valence electrons. The van der Waals surface area contributed by atoms with Crippen LogP contribution < -0.4 is 5.32 Å². The van der Waals surface area contributed by atoms with E-state index >= 15 is 0 Å². The highest BCUT2D eigenvalue weighted by Gasteiger charge is 2.35. The molecule has 28 heavy (non-hydrogen) atoms. The number of ether oxygens (including phenoxy) is 1. The zero-order valence-electron chi connectivity index (χ0n) is 15.5. The van der Waals surface area contributed by atoms with Crippen molar-refractivity contribution in [1.82, 2.24) is 10.2 Å². The first-order chi connectivity index (χ1) is 13.4. The number of hydrogen-bond acceptors (Lipinski definition) is 3. The smallest absolute Gasteiger partial charge is 0.338 e. The lowest BCUT2D eigenvalue weighted by Crippen LogP contribution is -2.46. The van der Waals surface area contributed by atoms with Crippen LogP contribution in [0.5, 0.6) is 0 Å². The maximum atomic E-state index is 12.9. The zero-order chi connectivity index (χ0) is 20.3.